The summed E-state index contributed by atoms with van der Waals surface area (Å²) in [5.74, 6) is -0.382. The first-order chi connectivity index (χ1) is 11.6. The summed E-state index contributed by atoms with van der Waals surface area (Å²) in [5, 5.41) is 0. The number of hydrogen-bond donors (Lipinski definition) is 0. The van der Waals surface area contributed by atoms with E-state index in [0.717, 1.165) is 28.9 Å². The van der Waals surface area contributed by atoms with Crippen molar-refractivity contribution in [3.05, 3.63) is 29.8 Å². The summed E-state index contributed by atoms with van der Waals surface area (Å²) >= 11 is 0. The lowest BCUT2D eigenvalue weighted by Crippen LogP contribution is -2.57. The van der Waals surface area contributed by atoms with Crippen molar-refractivity contribution in [1.29, 1.82) is 0 Å². The molecular formula is C16H21F3N2O3S. The van der Waals surface area contributed by atoms with Crippen LogP contribution >= 0.6 is 0 Å². The van der Waals surface area contributed by atoms with Crippen molar-refractivity contribution in [1.82, 2.24) is 9.21 Å². The quantitative estimate of drug-likeness (QED) is 0.792. The number of nitrogens with zero attached hydrogens (tertiary/aromatic N) is 2. The van der Waals surface area contributed by atoms with Gasteiger partial charge in [-0.3, -0.25) is 4.79 Å². The summed E-state index contributed by atoms with van der Waals surface area (Å²) in [6.07, 6.45) is -3.15. The Hall–Kier alpha value is -1.61. The number of sulfonamides is 1. The summed E-state index contributed by atoms with van der Waals surface area (Å²) in [5.41, 5.74) is -1.21. The highest BCUT2D eigenvalue weighted by atomic mass is 32.2. The molecule has 0 aromatic heterocycles. The zero-order chi connectivity index (χ0) is 18.8. The van der Waals surface area contributed by atoms with E-state index in [1.54, 1.807) is 7.05 Å². The summed E-state index contributed by atoms with van der Waals surface area (Å²) in [7, 11) is -2.88. The van der Waals surface area contributed by atoms with Crippen LogP contribution in [0.3, 0.4) is 0 Å². The summed E-state index contributed by atoms with van der Waals surface area (Å²) in [6.45, 7) is 2.02. The van der Waals surface area contributed by atoms with Gasteiger partial charge in [-0.05, 0) is 18.6 Å². The first kappa shape index (κ1) is 19.7. The van der Waals surface area contributed by atoms with E-state index in [1.807, 2.05) is 6.92 Å². The number of piperazine rings is 1. The Balaban J connectivity index is 2.49. The van der Waals surface area contributed by atoms with E-state index in [-0.39, 0.29) is 25.4 Å². The molecule has 1 amide bonds. The largest absolute Gasteiger partial charge is 0.417 e. The van der Waals surface area contributed by atoms with Crippen molar-refractivity contribution in [2.24, 2.45) is 0 Å². The highest BCUT2D eigenvalue weighted by Crippen LogP contribution is 2.36. The SMILES string of the molecule is CCCCC1C(=O)N(C)CCN1S(=O)(=O)c1ccccc1C(F)(F)F. The van der Waals surface area contributed by atoms with Gasteiger partial charge >= 0.3 is 6.18 Å². The van der Waals surface area contributed by atoms with Crippen molar-refractivity contribution in [2.45, 2.75) is 43.3 Å². The van der Waals surface area contributed by atoms with Gasteiger partial charge in [0.05, 0.1) is 10.5 Å². The topological polar surface area (TPSA) is 57.7 Å². The minimum Gasteiger partial charge on any atom is -0.343 e. The molecule has 25 heavy (non-hydrogen) atoms. The molecule has 1 fully saturated rings. The van der Waals surface area contributed by atoms with Crippen molar-refractivity contribution in [3.63, 3.8) is 0 Å². The molecule has 1 aliphatic heterocycles. The van der Waals surface area contributed by atoms with Crippen LogP contribution in [0.1, 0.15) is 31.7 Å². The van der Waals surface area contributed by atoms with Crippen LogP contribution < -0.4 is 0 Å². The van der Waals surface area contributed by atoms with Gasteiger partial charge in [-0.15, -0.1) is 0 Å². The molecule has 140 valence electrons. The highest BCUT2D eigenvalue weighted by molar-refractivity contribution is 7.89. The Morgan fingerprint density at radius 2 is 1.84 bits per heavy atom. The molecule has 1 heterocycles. The number of carbonyl (C=O) groups is 1. The van der Waals surface area contributed by atoms with Gasteiger partial charge in [-0.2, -0.15) is 17.5 Å². The second-order valence-electron chi connectivity index (χ2n) is 6.03. The molecule has 1 aromatic carbocycles. The molecule has 5 nitrogen and oxygen atoms in total. The number of amides is 1. The Bertz CT molecular complexity index is 734. The van der Waals surface area contributed by atoms with E-state index in [1.165, 1.54) is 11.0 Å². The predicted octanol–water partition coefficient (Wildman–Crippen LogP) is 2.73. The van der Waals surface area contributed by atoms with Gasteiger partial charge in [-0.1, -0.05) is 31.9 Å². The van der Waals surface area contributed by atoms with Crippen molar-refractivity contribution in [3.8, 4) is 0 Å². The van der Waals surface area contributed by atoms with Gasteiger partial charge in [0.2, 0.25) is 15.9 Å². The van der Waals surface area contributed by atoms with Crippen molar-refractivity contribution < 1.29 is 26.4 Å². The van der Waals surface area contributed by atoms with Crippen LogP contribution in [0.25, 0.3) is 0 Å². The van der Waals surface area contributed by atoms with E-state index in [0.29, 0.717) is 6.42 Å². The first-order valence-corrected chi connectivity index (χ1v) is 9.47. The maximum absolute atomic E-state index is 13.2. The monoisotopic (exact) mass is 378 g/mol. The standard InChI is InChI=1S/C16H21F3N2O3S/c1-3-4-8-13-15(22)20(2)10-11-21(13)25(23,24)14-9-6-5-7-12(14)16(17,18)19/h5-7,9,13H,3-4,8,10-11H2,1-2H3. The fourth-order valence-electron chi connectivity index (χ4n) is 2.90. The second kappa shape index (κ2) is 7.33. The van der Waals surface area contributed by atoms with Gasteiger partial charge in [0.15, 0.2) is 0 Å². The molecule has 0 spiro atoms. The van der Waals surface area contributed by atoms with Crippen LogP contribution in [0.5, 0.6) is 0 Å². The molecule has 2 rings (SSSR count). The van der Waals surface area contributed by atoms with E-state index in [2.05, 4.69) is 0 Å². The molecule has 0 N–H and O–H groups in total. The summed E-state index contributed by atoms with van der Waals surface area (Å²) < 4.78 is 66.5. The number of hydrogen-bond acceptors (Lipinski definition) is 3. The minimum absolute atomic E-state index is 0.0227. The van der Waals surface area contributed by atoms with Crippen LogP contribution in [-0.2, 0) is 21.0 Å². The third kappa shape index (κ3) is 3.98. The van der Waals surface area contributed by atoms with Crippen LogP contribution in [0, 0.1) is 0 Å². The molecule has 1 aliphatic rings. The number of unbranched alkanes of at least 4 members (excludes halogenated alkanes) is 1. The van der Waals surface area contributed by atoms with E-state index < -0.39 is 32.7 Å². The highest BCUT2D eigenvalue weighted by Gasteiger charge is 2.44. The van der Waals surface area contributed by atoms with Crippen LogP contribution in [-0.4, -0.2) is 49.7 Å². The zero-order valence-corrected chi connectivity index (χ0v) is 14.9. The van der Waals surface area contributed by atoms with Gasteiger partial charge in [0.1, 0.15) is 6.04 Å². The number of carbonyl (C=O) groups excluding carboxylic acids is 1. The zero-order valence-electron chi connectivity index (χ0n) is 14.1. The number of halogens is 3. The average molecular weight is 378 g/mol. The minimum atomic E-state index is -4.79. The van der Waals surface area contributed by atoms with Crippen LogP contribution in [0.4, 0.5) is 13.2 Å². The Morgan fingerprint density at radius 1 is 1.20 bits per heavy atom. The molecule has 0 saturated carbocycles. The number of benzene rings is 1. The number of alkyl halides is 3. The molecule has 0 bridgehead atoms. The van der Waals surface area contributed by atoms with Crippen molar-refractivity contribution in [2.75, 3.05) is 20.1 Å². The normalized spacial score (nSPS) is 20.1. The summed E-state index contributed by atoms with van der Waals surface area (Å²) in [4.78, 5) is 13.0. The van der Waals surface area contributed by atoms with Crippen LogP contribution in [0.2, 0.25) is 0 Å². The predicted molar refractivity (Wildman–Crippen MR) is 86.3 cm³/mol. The maximum atomic E-state index is 13.2. The van der Waals surface area contributed by atoms with E-state index in [9.17, 15) is 26.4 Å². The Morgan fingerprint density at radius 3 is 2.44 bits per heavy atom. The fraction of sp³-hybridized carbons (Fsp3) is 0.562. The lowest BCUT2D eigenvalue weighted by molar-refractivity contribution is -0.139. The Kier molecular flexibility index (Phi) is 5.78. The number of likely N-dealkylation sites (N-methyl/N-ethyl adjacent to an activating group) is 1. The van der Waals surface area contributed by atoms with Gasteiger partial charge in [0.25, 0.3) is 0 Å². The lowest BCUT2D eigenvalue weighted by atomic mass is 10.1. The molecule has 1 saturated heterocycles. The molecule has 0 radical (unpaired) electrons. The molecule has 0 aliphatic carbocycles. The van der Waals surface area contributed by atoms with E-state index >= 15 is 0 Å². The van der Waals surface area contributed by atoms with Crippen LogP contribution in [0.15, 0.2) is 29.2 Å². The molecule has 9 heteroatoms. The smallest absolute Gasteiger partial charge is 0.343 e. The van der Waals surface area contributed by atoms with Crippen molar-refractivity contribution >= 4 is 15.9 Å². The lowest BCUT2D eigenvalue weighted by Gasteiger charge is -2.38. The van der Waals surface area contributed by atoms with Gasteiger partial charge in [-0.25, -0.2) is 8.42 Å². The molecular weight excluding hydrogens is 357 g/mol. The second-order valence-corrected chi connectivity index (χ2v) is 7.89. The molecule has 1 atom stereocenters. The van der Waals surface area contributed by atoms with Gasteiger partial charge in [0, 0.05) is 20.1 Å². The fourth-order valence-corrected chi connectivity index (χ4v) is 4.71. The third-order valence-corrected chi connectivity index (χ3v) is 6.24. The maximum Gasteiger partial charge on any atom is 0.417 e. The molecule has 1 aromatic rings. The van der Waals surface area contributed by atoms with Gasteiger partial charge < -0.3 is 4.90 Å². The first-order valence-electron chi connectivity index (χ1n) is 8.03. The number of rotatable bonds is 5. The third-order valence-electron chi connectivity index (χ3n) is 4.27. The summed E-state index contributed by atoms with van der Waals surface area (Å²) in [6, 6.07) is 3.11. The Labute approximate surface area is 145 Å². The van der Waals surface area contributed by atoms with E-state index in [4.69, 9.17) is 0 Å². The molecule has 1 unspecified atom stereocenters. The average Bonchev–Trinajstić information content (AvgIpc) is 2.55.